The maximum absolute atomic E-state index is 13.5. The summed E-state index contributed by atoms with van der Waals surface area (Å²) in [5.74, 6) is -0.215. The highest BCUT2D eigenvalue weighted by atomic mass is 19.1. The Balaban J connectivity index is 2.10. The third-order valence-electron chi connectivity index (χ3n) is 2.84. The van der Waals surface area contributed by atoms with Gasteiger partial charge < -0.3 is 10.1 Å². The molecule has 0 atom stereocenters. The van der Waals surface area contributed by atoms with Gasteiger partial charge in [-0.2, -0.15) is 0 Å². The number of amides is 1. The van der Waals surface area contributed by atoms with Gasteiger partial charge in [-0.3, -0.25) is 4.79 Å². The number of pyridine rings is 1. The molecule has 0 saturated carbocycles. The van der Waals surface area contributed by atoms with Crippen LogP contribution in [0.15, 0.2) is 48.2 Å². The Bertz CT molecular complexity index is 666. The molecule has 108 valence electrons. The molecule has 0 fully saturated rings. The van der Waals surface area contributed by atoms with Crippen LogP contribution in [0.25, 0.3) is 6.08 Å². The van der Waals surface area contributed by atoms with Gasteiger partial charge in [-0.05, 0) is 25.1 Å². The molecule has 0 radical (unpaired) electrons. The van der Waals surface area contributed by atoms with Crippen LogP contribution in [0.2, 0.25) is 0 Å². The Labute approximate surface area is 122 Å². The third kappa shape index (κ3) is 3.89. The van der Waals surface area contributed by atoms with Crippen LogP contribution in [-0.4, -0.2) is 18.0 Å². The van der Waals surface area contributed by atoms with Crippen molar-refractivity contribution in [1.29, 1.82) is 0 Å². The zero-order valence-corrected chi connectivity index (χ0v) is 11.8. The Morgan fingerprint density at radius 2 is 2.05 bits per heavy atom. The molecule has 5 heteroatoms. The van der Waals surface area contributed by atoms with Crippen molar-refractivity contribution in [2.45, 2.75) is 6.92 Å². The van der Waals surface area contributed by atoms with Crippen LogP contribution in [0, 0.1) is 5.82 Å². The highest BCUT2D eigenvalue weighted by Gasteiger charge is 2.07. The van der Waals surface area contributed by atoms with Crippen LogP contribution in [0.5, 0.6) is 5.88 Å². The number of halogens is 1. The molecule has 1 amide bonds. The van der Waals surface area contributed by atoms with Gasteiger partial charge in [0.25, 0.3) is 5.91 Å². The second-order valence-corrected chi connectivity index (χ2v) is 4.39. The van der Waals surface area contributed by atoms with Crippen LogP contribution in [-0.2, 0) is 4.79 Å². The van der Waals surface area contributed by atoms with Crippen molar-refractivity contribution in [2.24, 2.45) is 0 Å². The van der Waals surface area contributed by atoms with E-state index in [0.717, 1.165) is 0 Å². The van der Waals surface area contributed by atoms with E-state index in [1.54, 1.807) is 37.3 Å². The Morgan fingerprint density at radius 3 is 2.67 bits per heavy atom. The molecule has 0 bridgehead atoms. The molecular weight excluding hydrogens is 271 g/mol. The molecule has 21 heavy (non-hydrogen) atoms. The maximum Gasteiger partial charge on any atom is 0.251 e. The molecule has 0 aliphatic heterocycles. The van der Waals surface area contributed by atoms with E-state index in [1.807, 2.05) is 0 Å². The summed E-state index contributed by atoms with van der Waals surface area (Å²) in [6.07, 6.45) is 2.99. The van der Waals surface area contributed by atoms with Crippen molar-refractivity contribution in [1.82, 2.24) is 4.98 Å². The number of benzene rings is 1. The number of carbonyl (C=O) groups is 1. The standard InChI is InChI=1S/C16H15FN2O2/c1-11(9-12-5-3-4-6-14(12)17)16(20)19-13-7-8-15(21-2)18-10-13/h3-10H,1-2H3,(H,19,20)/b11-9+. The summed E-state index contributed by atoms with van der Waals surface area (Å²) in [7, 11) is 1.52. The lowest BCUT2D eigenvalue weighted by Crippen LogP contribution is -2.12. The van der Waals surface area contributed by atoms with Gasteiger partial charge in [0, 0.05) is 17.2 Å². The van der Waals surface area contributed by atoms with Crippen molar-refractivity contribution in [3.8, 4) is 5.88 Å². The van der Waals surface area contributed by atoms with Gasteiger partial charge in [0.15, 0.2) is 0 Å². The van der Waals surface area contributed by atoms with E-state index < -0.39 is 0 Å². The molecule has 0 spiro atoms. The van der Waals surface area contributed by atoms with Crippen molar-refractivity contribution in [3.63, 3.8) is 0 Å². The van der Waals surface area contributed by atoms with E-state index in [9.17, 15) is 9.18 Å². The van der Waals surface area contributed by atoms with Gasteiger partial charge in [-0.15, -0.1) is 0 Å². The van der Waals surface area contributed by atoms with E-state index in [0.29, 0.717) is 22.7 Å². The maximum atomic E-state index is 13.5. The first-order valence-electron chi connectivity index (χ1n) is 6.34. The third-order valence-corrected chi connectivity index (χ3v) is 2.84. The predicted molar refractivity (Wildman–Crippen MR) is 79.5 cm³/mol. The number of ether oxygens (including phenoxy) is 1. The molecule has 0 aliphatic carbocycles. The van der Waals surface area contributed by atoms with E-state index in [-0.39, 0.29) is 11.7 Å². The van der Waals surface area contributed by atoms with Crippen molar-refractivity contribution < 1.29 is 13.9 Å². The molecule has 2 aromatic rings. The topological polar surface area (TPSA) is 51.2 Å². The lowest BCUT2D eigenvalue weighted by molar-refractivity contribution is -0.112. The first-order valence-corrected chi connectivity index (χ1v) is 6.34. The Kier molecular flexibility index (Phi) is 4.66. The van der Waals surface area contributed by atoms with Gasteiger partial charge in [0.05, 0.1) is 19.0 Å². The minimum atomic E-state index is -0.365. The van der Waals surface area contributed by atoms with Gasteiger partial charge in [0.1, 0.15) is 5.82 Å². The molecule has 0 aliphatic rings. The molecule has 4 nitrogen and oxygen atoms in total. The second kappa shape index (κ2) is 6.65. The number of nitrogens with zero attached hydrogens (tertiary/aromatic N) is 1. The average molecular weight is 286 g/mol. The summed E-state index contributed by atoms with van der Waals surface area (Å²) in [5.41, 5.74) is 1.32. The van der Waals surface area contributed by atoms with E-state index >= 15 is 0 Å². The SMILES string of the molecule is COc1ccc(NC(=O)/C(C)=C/c2ccccc2F)cn1. The second-order valence-electron chi connectivity index (χ2n) is 4.39. The van der Waals surface area contributed by atoms with Crippen LogP contribution in [0.4, 0.5) is 10.1 Å². The van der Waals surface area contributed by atoms with Crippen molar-refractivity contribution in [2.75, 3.05) is 12.4 Å². The smallest absolute Gasteiger partial charge is 0.251 e. The molecule has 2 rings (SSSR count). The molecule has 0 unspecified atom stereocenters. The van der Waals surface area contributed by atoms with Crippen LogP contribution in [0.1, 0.15) is 12.5 Å². The van der Waals surface area contributed by atoms with Gasteiger partial charge in [0.2, 0.25) is 5.88 Å². The Hall–Kier alpha value is -2.69. The van der Waals surface area contributed by atoms with Gasteiger partial charge in [-0.25, -0.2) is 9.37 Å². The lowest BCUT2D eigenvalue weighted by atomic mass is 10.1. The summed E-state index contributed by atoms with van der Waals surface area (Å²) in [5, 5.41) is 2.68. The summed E-state index contributed by atoms with van der Waals surface area (Å²) in [4.78, 5) is 16.0. The summed E-state index contributed by atoms with van der Waals surface area (Å²) in [6, 6.07) is 9.61. The van der Waals surface area contributed by atoms with Crippen LogP contribution < -0.4 is 10.1 Å². The first kappa shape index (κ1) is 14.7. The fourth-order valence-corrected chi connectivity index (χ4v) is 1.70. The fraction of sp³-hybridized carbons (Fsp3) is 0.125. The summed E-state index contributed by atoms with van der Waals surface area (Å²) in [6.45, 7) is 1.62. The first-order chi connectivity index (χ1) is 10.1. The van der Waals surface area contributed by atoms with Gasteiger partial charge >= 0.3 is 0 Å². The van der Waals surface area contributed by atoms with E-state index in [1.165, 1.54) is 25.4 Å². The average Bonchev–Trinajstić information content (AvgIpc) is 2.50. The lowest BCUT2D eigenvalue weighted by Gasteiger charge is -2.06. The molecule has 1 aromatic heterocycles. The highest BCUT2D eigenvalue weighted by molar-refractivity contribution is 6.06. The normalized spacial score (nSPS) is 11.1. The largest absolute Gasteiger partial charge is 0.481 e. The highest BCUT2D eigenvalue weighted by Crippen LogP contribution is 2.14. The number of aromatic nitrogens is 1. The van der Waals surface area contributed by atoms with E-state index in [2.05, 4.69) is 10.3 Å². The number of anilines is 1. The zero-order chi connectivity index (χ0) is 15.2. The summed E-state index contributed by atoms with van der Waals surface area (Å²) < 4.78 is 18.5. The number of nitrogens with one attached hydrogen (secondary N) is 1. The number of hydrogen-bond donors (Lipinski definition) is 1. The molecule has 0 saturated heterocycles. The molecular formula is C16H15FN2O2. The Morgan fingerprint density at radius 1 is 1.29 bits per heavy atom. The number of carbonyl (C=O) groups excluding carboxylic acids is 1. The quantitative estimate of drug-likeness (QED) is 0.878. The molecule has 1 N–H and O–H groups in total. The zero-order valence-electron chi connectivity index (χ0n) is 11.8. The predicted octanol–water partition coefficient (Wildman–Crippen LogP) is 3.27. The van der Waals surface area contributed by atoms with Crippen LogP contribution >= 0.6 is 0 Å². The van der Waals surface area contributed by atoms with Gasteiger partial charge in [-0.1, -0.05) is 18.2 Å². The summed E-state index contributed by atoms with van der Waals surface area (Å²) >= 11 is 0. The van der Waals surface area contributed by atoms with Crippen molar-refractivity contribution in [3.05, 3.63) is 59.5 Å². The molecule has 1 aromatic carbocycles. The van der Waals surface area contributed by atoms with E-state index in [4.69, 9.17) is 4.74 Å². The molecule has 1 heterocycles. The number of rotatable bonds is 4. The fourth-order valence-electron chi connectivity index (χ4n) is 1.70. The van der Waals surface area contributed by atoms with Crippen molar-refractivity contribution >= 4 is 17.7 Å². The number of methoxy groups -OCH3 is 1. The number of hydrogen-bond acceptors (Lipinski definition) is 3. The minimum Gasteiger partial charge on any atom is -0.481 e. The van der Waals surface area contributed by atoms with Crippen LogP contribution in [0.3, 0.4) is 0 Å². The monoisotopic (exact) mass is 286 g/mol. The minimum absolute atomic E-state index is 0.315.